The first-order valence-corrected chi connectivity index (χ1v) is 5.44. The van der Waals surface area contributed by atoms with Crippen LogP contribution in [-0.2, 0) is 0 Å². The topological polar surface area (TPSA) is 36.0 Å². The van der Waals surface area contributed by atoms with Crippen molar-refractivity contribution in [2.75, 3.05) is 6.61 Å². The number of fused-ring (bicyclic) bond motifs is 1. The van der Waals surface area contributed by atoms with Gasteiger partial charge in [0.2, 0.25) is 0 Å². The van der Waals surface area contributed by atoms with Crippen molar-refractivity contribution in [2.24, 2.45) is 0 Å². The lowest BCUT2D eigenvalue weighted by Gasteiger charge is -2.01. The van der Waals surface area contributed by atoms with Crippen molar-refractivity contribution in [1.29, 1.82) is 0 Å². The Morgan fingerprint density at radius 1 is 1.19 bits per heavy atom. The summed E-state index contributed by atoms with van der Waals surface area (Å²) in [5.41, 5.74) is 4.77. The molecule has 80 valence electrons. The Bertz CT molecular complexity index is 590. The van der Waals surface area contributed by atoms with E-state index < -0.39 is 0 Å². The van der Waals surface area contributed by atoms with Crippen molar-refractivity contribution in [3.8, 4) is 0 Å². The fraction of sp³-hybridized carbons (Fsp3) is 0.143. The third-order valence-electron chi connectivity index (χ3n) is 3.08. The van der Waals surface area contributed by atoms with Crippen molar-refractivity contribution < 1.29 is 5.11 Å². The van der Waals surface area contributed by atoms with Gasteiger partial charge in [-0.25, -0.2) is 0 Å². The molecule has 2 aromatic rings. The molecule has 3 rings (SSSR count). The van der Waals surface area contributed by atoms with E-state index in [1.807, 2.05) is 18.3 Å². The van der Waals surface area contributed by atoms with Crippen LogP contribution in [0.3, 0.4) is 0 Å². The van der Waals surface area contributed by atoms with Crippen LogP contribution in [0.15, 0.2) is 48.2 Å². The van der Waals surface area contributed by atoms with Gasteiger partial charge in [-0.15, -0.1) is 0 Å². The van der Waals surface area contributed by atoms with Crippen molar-refractivity contribution in [3.63, 3.8) is 0 Å². The second kappa shape index (κ2) is 3.65. The Hall–Kier alpha value is -1.80. The van der Waals surface area contributed by atoms with Crippen LogP contribution in [0.4, 0.5) is 0 Å². The number of rotatable bonds is 2. The highest BCUT2D eigenvalue weighted by atomic mass is 16.3. The summed E-state index contributed by atoms with van der Waals surface area (Å²) in [6.07, 6.45) is 7.02. The van der Waals surface area contributed by atoms with Crippen LogP contribution in [0, 0.1) is 0 Å². The van der Waals surface area contributed by atoms with Gasteiger partial charge in [-0.1, -0.05) is 30.4 Å². The van der Waals surface area contributed by atoms with Gasteiger partial charge in [-0.2, -0.15) is 0 Å². The van der Waals surface area contributed by atoms with Gasteiger partial charge < -0.3 is 10.1 Å². The summed E-state index contributed by atoms with van der Waals surface area (Å²) in [7, 11) is 0. The summed E-state index contributed by atoms with van der Waals surface area (Å²) >= 11 is 0. The van der Waals surface area contributed by atoms with E-state index in [2.05, 4.69) is 29.3 Å². The average molecular weight is 211 g/mol. The van der Waals surface area contributed by atoms with Crippen molar-refractivity contribution in [2.45, 2.75) is 6.42 Å². The standard InChI is InChI=1S/C14H13NO/c16-9-10-5-6-11(7-10)13-8-15-14-4-2-1-3-12(13)14/h1-6,8,15-16H,7,9H2. The van der Waals surface area contributed by atoms with Crippen LogP contribution >= 0.6 is 0 Å². The summed E-state index contributed by atoms with van der Waals surface area (Å²) in [6, 6.07) is 8.28. The summed E-state index contributed by atoms with van der Waals surface area (Å²) in [5, 5.41) is 10.3. The Morgan fingerprint density at radius 2 is 2.06 bits per heavy atom. The minimum absolute atomic E-state index is 0.155. The van der Waals surface area contributed by atoms with Gasteiger partial charge in [0.1, 0.15) is 0 Å². The molecule has 0 aliphatic heterocycles. The molecule has 1 heterocycles. The maximum atomic E-state index is 9.09. The van der Waals surface area contributed by atoms with Gasteiger partial charge in [-0.05, 0) is 23.6 Å². The van der Waals surface area contributed by atoms with Crippen molar-refractivity contribution in [3.05, 3.63) is 53.8 Å². The number of hydrogen-bond donors (Lipinski definition) is 2. The molecule has 1 aliphatic carbocycles. The molecule has 0 fully saturated rings. The molecule has 16 heavy (non-hydrogen) atoms. The molecule has 0 spiro atoms. The molecule has 1 aliphatic rings. The molecule has 0 bridgehead atoms. The fourth-order valence-corrected chi connectivity index (χ4v) is 2.21. The van der Waals surface area contributed by atoms with Crippen LogP contribution in [-0.4, -0.2) is 16.7 Å². The Labute approximate surface area is 93.9 Å². The number of aromatic amines is 1. The first-order chi connectivity index (χ1) is 7.88. The molecule has 1 aromatic heterocycles. The highest BCUT2D eigenvalue weighted by Gasteiger charge is 2.12. The fourth-order valence-electron chi connectivity index (χ4n) is 2.21. The van der Waals surface area contributed by atoms with Gasteiger partial charge in [-0.3, -0.25) is 0 Å². The maximum Gasteiger partial charge on any atom is 0.0648 e. The van der Waals surface area contributed by atoms with Crippen LogP contribution in [0.2, 0.25) is 0 Å². The molecule has 0 radical (unpaired) electrons. The van der Waals surface area contributed by atoms with E-state index in [0.29, 0.717) is 0 Å². The number of aliphatic hydroxyl groups is 1. The number of benzene rings is 1. The molecule has 0 saturated carbocycles. The quantitative estimate of drug-likeness (QED) is 0.787. The summed E-state index contributed by atoms with van der Waals surface area (Å²) in [4.78, 5) is 3.27. The molecule has 2 nitrogen and oxygen atoms in total. The molecule has 0 saturated heterocycles. The first kappa shape index (κ1) is 9.43. The van der Waals surface area contributed by atoms with E-state index in [4.69, 9.17) is 5.11 Å². The van der Waals surface area contributed by atoms with Crippen LogP contribution in [0.25, 0.3) is 16.5 Å². The number of aromatic nitrogens is 1. The Balaban J connectivity index is 2.03. The van der Waals surface area contributed by atoms with E-state index in [1.54, 1.807) is 0 Å². The maximum absolute atomic E-state index is 9.09. The zero-order chi connectivity index (χ0) is 11.0. The van der Waals surface area contributed by atoms with Gasteiger partial charge >= 0.3 is 0 Å². The molecule has 2 N–H and O–H groups in total. The zero-order valence-electron chi connectivity index (χ0n) is 8.90. The highest BCUT2D eigenvalue weighted by molar-refractivity contribution is 5.93. The number of H-pyrrole nitrogens is 1. The van der Waals surface area contributed by atoms with Crippen LogP contribution in [0.1, 0.15) is 12.0 Å². The lowest BCUT2D eigenvalue weighted by Crippen LogP contribution is -1.87. The van der Waals surface area contributed by atoms with E-state index in [9.17, 15) is 0 Å². The lowest BCUT2D eigenvalue weighted by atomic mass is 10.0. The largest absolute Gasteiger partial charge is 0.392 e. The molecule has 0 unspecified atom stereocenters. The number of nitrogens with one attached hydrogen (secondary N) is 1. The van der Waals surface area contributed by atoms with Gasteiger partial charge in [0.05, 0.1) is 6.61 Å². The predicted molar refractivity (Wildman–Crippen MR) is 66.1 cm³/mol. The number of hydrogen-bond acceptors (Lipinski definition) is 1. The van der Waals surface area contributed by atoms with Gasteiger partial charge in [0.25, 0.3) is 0 Å². The third kappa shape index (κ3) is 1.39. The van der Waals surface area contributed by atoms with E-state index >= 15 is 0 Å². The molecular formula is C14H13NO. The highest BCUT2D eigenvalue weighted by Crippen LogP contribution is 2.32. The van der Waals surface area contributed by atoms with Crippen molar-refractivity contribution in [1.82, 2.24) is 4.98 Å². The van der Waals surface area contributed by atoms with Gasteiger partial charge in [0, 0.05) is 22.7 Å². The predicted octanol–water partition coefficient (Wildman–Crippen LogP) is 2.87. The summed E-state index contributed by atoms with van der Waals surface area (Å²) < 4.78 is 0. The van der Waals surface area contributed by atoms with E-state index in [0.717, 1.165) is 17.5 Å². The third-order valence-corrected chi connectivity index (χ3v) is 3.08. The van der Waals surface area contributed by atoms with E-state index in [-0.39, 0.29) is 6.61 Å². The molecule has 1 aromatic carbocycles. The van der Waals surface area contributed by atoms with Crippen LogP contribution < -0.4 is 0 Å². The second-order valence-electron chi connectivity index (χ2n) is 4.10. The molecule has 2 heteroatoms. The zero-order valence-corrected chi connectivity index (χ0v) is 8.90. The average Bonchev–Trinajstić information content (AvgIpc) is 2.94. The first-order valence-electron chi connectivity index (χ1n) is 5.44. The molecule has 0 amide bonds. The van der Waals surface area contributed by atoms with Crippen LogP contribution in [0.5, 0.6) is 0 Å². The minimum atomic E-state index is 0.155. The second-order valence-corrected chi connectivity index (χ2v) is 4.10. The van der Waals surface area contributed by atoms with E-state index in [1.165, 1.54) is 16.5 Å². The summed E-state index contributed by atoms with van der Waals surface area (Å²) in [6.45, 7) is 0.155. The smallest absolute Gasteiger partial charge is 0.0648 e. The number of aliphatic hydroxyl groups excluding tert-OH is 1. The molecular weight excluding hydrogens is 198 g/mol. The monoisotopic (exact) mass is 211 g/mol. The summed E-state index contributed by atoms with van der Waals surface area (Å²) in [5.74, 6) is 0. The Morgan fingerprint density at radius 3 is 2.88 bits per heavy atom. The minimum Gasteiger partial charge on any atom is -0.392 e. The molecule has 0 atom stereocenters. The van der Waals surface area contributed by atoms with Crippen molar-refractivity contribution >= 4 is 16.5 Å². The number of allylic oxidation sites excluding steroid dienone is 3. The number of para-hydroxylation sites is 1. The SMILES string of the molecule is OCC1=CC=C(c2c[nH]c3ccccc23)C1. The normalized spacial score (nSPS) is 15.3. The lowest BCUT2D eigenvalue weighted by molar-refractivity contribution is 0.330. The van der Waals surface area contributed by atoms with Gasteiger partial charge in [0.15, 0.2) is 0 Å². The Kier molecular flexibility index (Phi) is 2.15.